The first-order valence-corrected chi connectivity index (χ1v) is 10.8. The molecule has 4 nitrogen and oxygen atoms in total. The van der Waals surface area contributed by atoms with Gasteiger partial charge in [-0.3, -0.25) is 9.69 Å². The molecule has 1 aromatic carbocycles. The van der Waals surface area contributed by atoms with Crippen molar-refractivity contribution in [2.45, 2.75) is 32.7 Å². The van der Waals surface area contributed by atoms with Crippen molar-refractivity contribution in [1.82, 2.24) is 10.2 Å². The molecule has 1 atom stereocenters. The molecule has 2 saturated heterocycles. The molecule has 0 aliphatic carbocycles. The molecular weight excluding hydrogens is 401 g/mol. The highest BCUT2D eigenvalue weighted by Gasteiger charge is 2.22. The van der Waals surface area contributed by atoms with Crippen LogP contribution in [0.3, 0.4) is 0 Å². The maximum absolute atomic E-state index is 12.6. The van der Waals surface area contributed by atoms with E-state index in [2.05, 4.69) is 34.6 Å². The van der Waals surface area contributed by atoms with Gasteiger partial charge in [-0.2, -0.15) is 11.8 Å². The minimum Gasteiger partial charge on any atom is -0.326 e. The van der Waals surface area contributed by atoms with Crippen LogP contribution in [0.4, 0.5) is 5.69 Å². The quantitative estimate of drug-likeness (QED) is 0.709. The molecule has 0 saturated carbocycles. The number of nitrogens with zero attached hydrogens (tertiary/aromatic N) is 1. The third kappa shape index (κ3) is 7.82. The second kappa shape index (κ2) is 12.9. The number of carbonyl (C=O) groups excluding carboxylic acids is 1. The maximum atomic E-state index is 12.6. The van der Waals surface area contributed by atoms with E-state index >= 15 is 0 Å². The Hall–Kier alpha value is -0.460. The number of hydrogen-bond acceptors (Lipinski definition) is 4. The molecule has 0 aromatic heterocycles. The third-order valence-electron chi connectivity index (χ3n) is 5.49. The third-order valence-corrected chi connectivity index (χ3v) is 6.43. The summed E-state index contributed by atoms with van der Waals surface area (Å²) in [7, 11) is 0. The number of rotatable bonds is 6. The van der Waals surface area contributed by atoms with Gasteiger partial charge in [-0.25, -0.2) is 0 Å². The van der Waals surface area contributed by atoms with Gasteiger partial charge in [0.05, 0.1) is 0 Å². The van der Waals surface area contributed by atoms with E-state index in [1.807, 2.05) is 23.9 Å². The lowest BCUT2D eigenvalue weighted by atomic mass is 9.84. The van der Waals surface area contributed by atoms with E-state index in [0.29, 0.717) is 18.3 Å². The van der Waals surface area contributed by atoms with Gasteiger partial charge < -0.3 is 10.6 Å². The Labute approximate surface area is 180 Å². The Balaban J connectivity index is 0.00000182. The number of piperidine rings is 1. The molecule has 154 valence electrons. The van der Waals surface area contributed by atoms with E-state index in [1.54, 1.807) is 0 Å². The minimum atomic E-state index is 0. The fourth-order valence-corrected chi connectivity index (χ4v) is 4.83. The Morgan fingerprint density at radius 2 is 1.89 bits per heavy atom. The number of benzene rings is 1. The van der Waals surface area contributed by atoms with Crippen LogP contribution >= 0.6 is 36.6 Å². The number of halogens is 2. The standard InChI is InChI=1S/C20H31N3OS.2ClH/c1-16(17-6-8-21-9-7-17)14-20(24)22-19-5-3-2-4-18(19)15-23-10-12-25-13-11-23;;/h2-5,16-17,21H,6-15H2,1H3,(H,22,24);2*1H. The van der Waals surface area contributed by atoms with Gasteiger partial charge in [0.25, 0.3) is 0 Å². The highest BCUT2D eigenvalue weighted by molar-refractivity contribution is 7.99. The fraction of sp³-hybridized carbons (Fsp3) is 0.650. The predicted molar refractivity (Wildman–Crippen MR) is 122 cm³/mol. The summed E-state index contributed by atoms with van der Waals surface area (Å²) in [6.07, 6.45) is 3.01. The highest BCUT2D eigenvalue weighted by atomic mass is 35.5. The molecule has 0 bridgehead atoms. The van der Waals surface area contributed by atoms with E-state index in [9.17, 15) is 4.79 Å². The van der Waals surface area contributed by atoms with Crippen LogP contribution in [0.15, 0.2) is 24.3 Å². The van der Waals surface area contributed by atoms with Gasteiger partial charge in [0.1, 0.15) is 0 Å². The van der Waals surface area contributed by atoms with E-state index < -0.39 is 0 Å². The first-order valence-electron chi connectivity index (χ1n) is 9.61. The van der Waals surface area contributed by atoms with Crippen molar-refractivity contribution >= 4 is 48.2 Å². The van der Waals surface area contributed by atoms with Gasteiger partial charge in [0.2, 0.25) is 5.91 Å². The summed E-state index contributed by atoms with van der Waals surface area (Å²) in [5, 5.41) is 6.59. The molecule has 1 aromatic rings. The molecule has 2 heterocycles. The molecule has 27 heavy (non-hydrogen) atoms. The number of nitrogens with one attached hydrogen (secondary N) is 2. The van der Waals surface area contributed by atoms with Gasteiger partial charge in [-0.1, -0.05) is 25.1 Å². The first-order chi connectivity index (χ1) is 12.2. The molecule has 2 fully saturated rings. The summed E-state index contributed by atoms with van der Waals surface area (Å²) in [6.45, 7) is 7.62. The van der Waals surface area contributed by atoms with Crippen molar-refractivity contribution in [3.63, 3.8) is 0 Å². The van der Waals surface area contributed by atoms with Crippen molar-refractivity contribution in [3.05, 3.63) is 29.8 Å². The molecule has 0 spiro atoms. The zero-order valence-electron chi connectivity index (χ0n) is 16.1. The van der Waals surface area contributed by atoms with E-state index in [1.165, 1.54) is 29.9 Å². The van der Waals surface area contributed by atoms with Gasteiger partial charge in [0.15, 0.2) is 0 Å². The van der Waals surface area contributed by atoms with Crippen LogP contribution in [0.2, 0.25) is 0 Å². The normalized spacial score (nSPS) is 19.4. The Morgan fingerprint density at radius 3 is 2.59 bits per heavy atom. The molecule has 2 N–H and O–H groups in total. The number of anilines is 1. The number of thioether (sulfide) groups is 1. The van der Waals surface area contributed by atoms with Crippen molar-refractivity contribution < 1.29 is 4.79 Å². The molecule has 1 unspecified atom stereocenters. The van der Waals surface area contributed by atoms with Crippen molar-refractivity contribution in [3.8, 4) is 0 Å². The second-order valence-corrected chi connectivity index (χ2v) is 8.59. The summed E-state index contributed by atoms with van der Waals surface area (Å²) in [5.74, 6) is 3.71. The number of carbonyl (C=O) groups is 1. The molecule has 2 aliphatic heterocycles. The number of para-hydroxylation sites is 1. The average molecular weight is 434 g/mol. The minimum absolute atomic E-state index is 0. The van der Waals surface area contributed by atoms with Crippen LogP contribution in [-0.4, -0.2) is 48.5 Å². The zero-order valence-corrected chi connectivity index (χ0v) is 18.6. The van der Waals surface area contributed by atoms with Crippen molar-refractivity contribution in [2.75, 3.05) is 43.0 Å². The summed E-state index contributed by atoms with van der Waals surface area (Å²) in [4.78, 5) is 15.1. The highest BCUT2D eigenvalue weighted by Crippen LogP contribution is 2.25. The van der Waals surface area contributed by atoms with E-state index in [0.717, 1.165) is 38.4 Å². The van der Waals surface area contributed by atoms with Gasteiger partial charge in [-0.05, 0) is 49.4 Å². The number of hydrogen-bond donors (Lipinski definition) is 2. The summed E-state index contributed by atoms with van der Waals surface area (Å²) in [6, 6.07) is 8.28. The first kappa shape index (κ1) is 24.6. The van der Waals surface area contributed by atoms with E-state index in [-0.39, 0.29) is 30.7 Å². The van der Waals surface area contributed by atoms with Crippen LogP contribution in [0.5, 0.6) is 0 Å². The Kier molecular flexibility index (Phi) is 11.7. The SMILES string of the molecule is CC(CC(=O)Nc1ccccc1CN1CCSCC1)C1CCNCC1.Cl.Cl. The Morgan fingerprint density at radius 1 is 1.22 bits per heavy atom. The Bertz CT molecular complexity index is 564. The van der Waals surface area contributed by atoms with Crippen molar-refractivity contribution in [2.24, 2.45) is 11.8 Å². The van der Waals surface area contributed by atoms with Gasteiger partial charge in [0, 0.05) is 43.2 Å². The molecule has 2 aliphatic rings. The lowest BCUT2D eigenvalue weighted by molar-refractivity contribution is -0.117. The average Bonchev–Trinajstić information content (AvgIpc) is 2.65. The monoisotopic (exact) mass is 433 g/mol. The van der Waals surface area contributed by atoms with Crippen molar-refractivity contribution in [1.29, 1.82) is 0 Å². The van der Waals surface area contributed by atoms with Gasteiger partial charge in [-0.15, -0.1) is 24.8 Å². The fourth-order valence-electron chi connectivity index (χ4n) is 3.85. The van der Waals surface area contributed by atoms with E-state index in [4.69, 9.17) is 0 Å². The molecule has 3 rings (SSSR count). The van der Waals surface area contributed by atoms with Gasteiger partial charge >= 0.3 is 0 Å². The van der Waals surface area contributed by atoms with Crippen LogP contribution in [0.25, 0.3) is 0 Å². The lowest BCUT2D eigenvalue weighted by Gasteiger charge is -2.28. The predicted octanol–water partition coefficient (Wildman–Crippen LogP) is 4.04. The summed E-state index contributed by atoms with van der Waals surface area (Å²) >= 11 is 2.03. The number of amides is 1. The van der Waals surface area contributed by atoms with Crippen LogP contribution in [0.1, 0.15) is 31.7 Å². The van der Waals surface area contributed by atoms with Crippen LogP contribution < -0.4 is 10.6 Å². The summed E-state index contributed by atoms with van der Waals surface area (Å²) in [5.41, 5.74) is 2.22. The van der Waals surface area contributed by atoms with Crippen LogP contribution in [0, 0.1) is 11.8 Å². The lowest BCUT2D eigenvalue weighted by Crippen LogP contribution is -2.33. The topological polar surface area (TPSA) is 44.4 Å². The molecular formula is C20H33Cl2N3OS. The van der Waals surface area contributed by atoms with Crippen LogP contribution in [-0.2, 0) is 11.3 Å². The largest absolute Gasteiger partial charge is 0.326 e. The maximum Gasteiger partial charge on any atom is 0.224 e. The molecule has 0 radical (unpaired) electrons. The molecule has 7 heteroatoms. The summed E-state index contributed by atoms with van der Waals surface area (Å²) < 4.78 is 0. The smallest absolute Gasteiger partial charge is 0.224 e. The molecule has 1 amide bonds. The second-order valence-electron chi connectivity index (χ2n) is 7.36. The zero-order chi connectivity index (χ0) is 17.5.